The quantitative estimate of drug-likeness (QED) is 0.705. The maximum Gasteiger partial charge on any atom is 0.242 e. The summed E-state index contributed by atoms with van der Waals surface area (Å²) in [6.07, 6.45) is 6.75. The van der Waals surface area contributed by atoms with Crippen molar-refractivity contribution in [1.82, 2.24) is 10.2 Å². The lowest BCUT2D eigenvalue weighted by Crippen LogP contribution is -2.50. The van der Waals surface area contributed by atoms with Crippen LogP contribution in [0, 0.1) is 0 Å². The molecule has 1 aliphatic rings. The standard InChI is InChI=1S/C20H28Cl2N2O2/c1-3-7-19(25)24(13-15-10-11-17(21)18(22)12-15)14(2)20(26)23-16-8-5-4-6-9-16/h10-12,14,16H,3-9,13H2,1-2H3,(H,23,26)/t14-/m0/s1. The molecule has 0 radical (unpaired) electrons. The minimum absolute atomic E-state index is 0.0233. The van der Waals surface area contributed by atoms with E-state index in [9.17, 15) is 9.59 Å². The van der Waals surface area contributed by atoms with Crippen molar-refractivity contribution in [3.63, 3.8) is 0 Å². The molecule has 0 unspecified atom stereocenters. The first-order valence-corrected chi connectivity index (χ1v) is 10.2. The highest BCUT2D eigenvalue weighted by molar-refractivity contribution is 6.42. The second kappa shape index (κ2) is 10.2. The lowest BCUT2D eigenvalue weighted by molar-refractivity contribution is -0.141. The van der Waals surface area contributed by atoms with Gasteiger partial charge in [-0.1, -0.05) is 55.5 Å². The monoisotopic (exact) mass is 398 g/mol. The minimum Gasteiger partial charge on any atom is -0.352 e. The molecule has 2 rings (SSSR count). The van der Waals surface area contributed by atoms with Crippen molar-refractivity contribution in [3.8, 4) is 0 Å². The summed E-state index contributed by atoms with van der Waals surface area (Å²) in [6.45, 7) is 4.10. The Labute approximate surface area is 166 Å². The highest BCUT2D eigenvalue weighted by atomic mass is 35.5. The largest absolute Gasteiger partial charge is 0.352 e. The van der Waals surface area contributed by atoms with Gasteiger partial charge in [0.25, 0.3) is 0 Å². The first-order chi connectivity index (χ1) is 12.4. The number of carbonyl (C=O) groups is 2. The Morgan fingerprint density at radius 3 is 2.50 bits per heavy atom. The Hall–Kier alpha value is -1.26. The van der Waals surface area contributed by atoms with Crippen LogP contribution in [0.1, 0.15) is 64.4 Å². The van der Waals surface area contributed by atoms with Gasteiger partial charge in [-0.15, -0.1) is 0 Å². The van der Waals surface area contributed by atoms with Crippen LogP contribution in [-0.2, 0) is 16.1 Å². The number of nitrogens with zero attached hydrogens (tertiary/aromatic N) is 1. The van der Waals surface area contributed by atoms with E-state index in [2.05, 4.69) is 5.32 Å². The van der Waals surface area contributed by atoms with Gasteiger partial charge in [-0.25, -0.2) is 0 Å². The third kappa shape index (κ3) is 5.88. The van der Waals surface area contributed by atoms with Gasteiger partial charge in [0.15, 0.2) is 0 Å². The number of amides is 2. The normalized spacial score (nSPS) is 16.2. The third-order valence-electron chi connectivity index (χ3n) is 4.92. The third-order valence-corrected chi connectivity index (χ3v) is 5.66. The van der Waals surface area contributed by atoms with Crippen LogP contribution in [0.25, 0.3) is 0 Å². The lowest BCUT2D eigenvalue weighted by Gasteiger charge is -2.31. The van der Waals surface area contributed by atoms with Gasteiger partial charge in [0.2, 0.25) is 11.8 Å². The highest BCUT2D eigenvalue weighted by Crippen LogP contribution is 2.24. The zero-order valence-corrected chi connectivity index (χ0v) is 17.1. The Bertz CT molecular complexity index is 630. The Morgan fingerprint density at radius 2 is 1.88 bits per heavy atom. The molecule has 0 heterocycles. The Kier molecular flexibility index (Phi) is 8.23. The molecule has 0 aromatic heterocycles. The van der Waals surface area contributed by atoms with Gasteiger partial charge in [-0.3, -0.25) is 9.59 Å². The summed E-state index contributed by atoms with van der Waals surface area (Å²) in [5.74, 6) is -0.105. The molecule has 1 aromatic carbocycles. The Balaban J connectivity index is 2.10. The van der Waals surface area contributed by atoms with E-state index in [1.54, 1.807) is 24.0 Å². The summed E-state index contributed by atoms with van der Waals surface area (Å²) in [5, 5.41) is 4.05. The zero-order valence-electron chi connectivity index (χ0n) is 15.6. The second-order valence-corrected chi connectivity index (χ2v) is 7.85. The fourth-order valence-corrected chi connectivity index (χ4v) is 3.66. The minimum atomic E-state index is -0.523. The first kappa shape index (κ1) is 21.0. The van der Waals surface area contributed by atoms with Crippen molar-refractivity contribution in [3.05, 3.63) is 33.8 Å². The summed E-state index contributed by atoms with van der Waals surface area (Å²) < 4.78 is 0. The number of nitrogens with one attached hydrogen (secondary N) is 1. The van der Waals surface area contributed by atoms with Gasteiger partial charge in [0, 0.05) is 19.0 Å². The summed E-state index contributed by atoms with van der Waals surface area (Å²) in [4.78, 5) is 27.0. The molecule has 26 heavy (non-hydrogen) atoms. The second-order valence-electron chi connectivity index (χ2n) is 7.04. The number of hydrogen-bond acceptors (Lipinski definition) is 2. The fourth-order valence-electron chi connectivity index (χ4n) is 3.34. The molecule has 2 amide bonds. The number of benzene rings is 1. The number of hydrogen-bond donors (Lipinski definition) is 1. The molecule has 1 N–H and O–H groups in total. The van der Waals surface area contributed by atoms with Gasteiger partial charge in [-0.05, 0) is 43.9 Å². The number of halogens is 2. The topological polar surface area (TPSA) is 49.4 Å². The van der Waals surface area contributed by atoms with E-state index in [-0.39, 0.29) is 17.9 Å². The highest BCUT2D eigenvalue weighted by Gasteiger charge is 2.27. The molecule has 0 spiro atoms. The summed E-state index contributed by atoms with van der Waals surface area (Å²) in [5.41, 5.74) is 0.862. The van der Waals surface area contributed by atoms with Crippen molar-refractivity contribution in [2.45, 2.75) is 77.4 Å². The lowest BCUT2D eigenvalue weighted by atomic mass is 9.95. The predicted octanol–water partition coefficient (Wildman–Crippen LogP) is 4.96. The molecule has 6 heteroatoms. The number of carbonyl (C=O) groups excluding carboxylic acids is 2. The molecular formula is C20H28Cl2N2O2. The molecule has 1 aromatic rings. The van der Waals surface area contributed by atoms with Crippen molar-refractivity contribution < 1.29 is 9.59 Å². The molecule has 1 atom stereocenters. The molecule has 4 nitrogen and oxygen atoms in total. The zero-order chi connectivity index (χ0) is 19.1. The van der Waals surface area contributed by atoms with Crippen LogP contribution in [0.2, 0.25) is 10.0 Å². The van der Waals surface area contributed by atoms with E-state index in [1.807, 2.05) is 13.0 Å². The summed E-state index contributed by atoms with van der Waals surface area (Å²) in [6, 6.07) is 5.01. The average Bonchev–Trinajstić information content (AvgIpc) is 2.63. The van der Waals surface area contributed by atoms with E-state index in [1.165, 1.54) is 6.42 Å². The molecule has 1 saturated carbocycles. The van der Waals surface area contributed by atoms with Gasteiger partial charge in [-0.2, -0.15) is 0 Å². The maximum absolute atomic E-state index is 12.7. The summed E-state index contributed by atoms with van der Waals surface area (Å²) >= 11 is 12.1. The molecule has 144 valence electrons. The predicted molar refractivity (Wildman–Crippen MR) is 106 cm³/mol. The van der Waals surface area contributed by atoms with E-state index in [0.29, 0.717) is 23.0 Å². The van der Waals surface area contributed by atoms with Gasteiger partial charge >= 0.3 is 0 Å². The van der Waals surface area contributed by atoms with Crippen LogP contribution < -0.4 is 5.32 Å². The van der Waals surface area contributed by atoms with Gasteiger partial charge in [0.1, 0.15) is 6.04 Å². The van der Waals surface area contributed by atoms with Crippen LogP contribution in [-0.4, -0.2) is 28.8 Å². The molecular weight excluding hydrogens is 371 g/mol. The number of rotatable bonds is 7. The van der Waals surface area contributed by atoms with Crippen molar-refractivity contribution >= 4 is 35.0 Å². The average molecular weight is 399 g/mol. The van der Waals surface area contributed by atoms with Crippen LogP contribution in [0.15, 0.2) is 18.2 Å². The molecule has 0 saturated heterocycles. The van der Waals surface area contributed by atoms with Crippen LogP contribution in [0.3, 0.4) is 0 Å². The van der Waals surface area contributed by atoms with Gasteiger partial charge < -0.3 is 10.2 Å². The first-order valence-electron chi connectivity index (χ1n) is 9.46. The SMILES string of the molecule is CCCC(=O)N(Cc1ccc(Cl)c(Cl)c1)[C@@H](C)C(=O)NC1CCCCC1. The van der Waals surface area contributed by atoms with Crippen LogP contribution in [0.5, 0.6) is 0 Å². The van der Waals surface area contributed by atoms with E-state index < -0.39 is 6.04 Å². The molecule has 1 aliphatic carbocycles. The fraction of sp³-hybridized carbons (Fsp3) is 0.600. The summed E-state index contributed by atoms with van der Waals surface area (Å²) in [7, 11) is 0. The smallest absolute Gasteiger partial charge is 0.242 e. The van der Waals surface area contributed by atoms with Crippen molar-refractivity contribution in [1.29, 1.82) is 0 Å². The van der Waals surface area contributed by atoms with Gasteiger partial charge in [0.05, 0.1) is 10.0 Å². The Morgan fingerprint density at radius 1 is 1.19 bits per heavy atom. The van der Waals surface area contributed by atoms with E-state index in [4.69, 9.17) is 23.2 Å². The van der Waals surface area contributed by atoms with E-state index >= 15 is 0 Å². The maximum atomic E-state index is 12.7. The molecule has 0 aliphatic heterocycles. The van der Waals surface area contributed by atoms with E-state index in [0.717, 1.165) is 37.7 Å². The van der Waals surface area contributed by atoms with Crippen LogP contribution >= 0.6 is 23.2 Å². The molecule has 1 fully saturated rings. The molecule has 0 bridgehead atoms. The van der Waals surface area contributed by atoms with Crippen molar-refractivity contribution in [2.24, 2.45) is 0 Å². The van der Waals surface area contributed by atoms with Crippen molar-refractivity contribution in [2.75, 3.05) is 0 Å². The van der Waals surface area contributed by atoms with Crippen LogP contribution in [0.4, 0.5) is 0 Å².